The summed E-state index contributed by atoms with van der Waals surface area (Å²) in [6.07, 6.45) is 1.06. The van der Waals surface area contributed by atoms with Crippen LogP contribution in [0.2, 0.25) is 0 Å². The lowest BCUT2D eigenvalue weighted by atomic mass is 9.93. The number of rotatable bonds is 8. The number of benzene rings is 1. The van der Waals surface area contributed by atoms with Crippen molar-refractivity contribution in [2.75, 3.05) is 20.7 Å². The minimum atomic E-state index is -1.02. The number of likely N-dealkylation sites (N-methyl/N-ethyl adjacent to an activating group) is 1. The van der Waals surface area contributed by atoms with E-state index in [1.807, 2.05) is 41.1 Å². The maximum Gasteiger partial charge on any atom is 0.325 e. The van der Waals surface area contributed by atoms with Crippen LogP contribution in [0.5, 0.6) is 5.75 Å². The number of nitrogens with zero attached hydrogens (tertiary/aromatic N) is 2. The van der Waals surface area contributed by atoms with Crippen LogP contribution in [-0.2, 0) is 22.6 Å². The van der Waals surface area contributed by atoms with Crippen LogP contribution in [0.15, 0.2) is 41.1 Å². The van der Waals surface area contributed by atoms with E-state index in [4.69, 9.17) is 4.74 Å². The SMILES string of the molecule is COc1ccc(CC[C@@]2(C)NC(=O)N(CC(=O)N(C)Cc3ccsc3)C2=O)cc1. The lowest BCUT2D eigenvalue weighted by molar-refractivity contribution is -0.138. The lowest BCUT2D eigenvalue weighted by Crippen LogP contribution is -2.45. The largest absolute Gasteiger partial charge is 0.497 e. The Labute approximate surface area is 174 Å². The van der Waals surface area contributed by atoms with Crippen molar-refractivity contribution in [2.24, 2.45) is 0 Å². The van der Waals surface area contributed by atoms with E-state index in [0.29, 0.717) is 19.4 Å². The first-order valence-corrected chi connectivity index (χ1v) is 10.3. The number of methoxy groups -OCH3 is 1. The molecule has 0 aliphatic carbocycles. The maximum atomic E-state index is 12.9. The van der Waals surface area contributed by atoms with Gasteiger partial charge in [-0.15, -0.1) is 0 Å². The van der Waals surface area contributed by atoms with Crippen LogP contribution in [-0.4, -0.2) is 53.9 Å². The van der Waals surface area contributed by atoms with Crippen LogP contribution in [0.4, 0.5) is 4.79 Å². The highest BCUT2D eigenvalue weighted by Gasteiger charge is 2.48. The zero-order valence-electron chi connectivity index (χ0n) is 16.8. The van der Waals surface area contributed by atoms with Gasteiger partial charge in [-0.25, -0.2) is 4.79 Å². The van der Waals surface area contributed by atoms with Crippen LogP contribution in [0.25, 0.3) is 0 Å². The summed E-state index contributed by atoms with van der Waals surface area (Å²) in [6, 6.07) is 9.01. The summed E-state index contributed by atoms with van der Waals surface area (Å²) in [5, 5.41) is 6.67. The number of imide groups is 1. The molecular formula is C21H25N3O4S. The second-order valence-corrected chi connectivity index (χ2v) is 8.16. The van der Waals surface area contributed by atoms with Crippen molar-refractivity contribution < 1.29 is 19.1 Å². The zero-order chi connectivity index (χ0) is 21.0. The summed E-state index contributed by atoms with van der Waals surface area (Å²) < 4.78 is 5.15. The summed E-state index contributed by atoms with van der Waals surface area (Å²) in [6.45, 7) is 1.89. The van der Waals surface area contributed by atoms with Crippen molar-refractivity contribution >= 4 is 29.2 Å². The molecule has 2 aromatic rings. The molecular weight excluding hydrogens is 390 g/mol. The number of amides is 4. The number of thiophene rings is 1. The molecule has 1 fully saturated rings. The predicted molar refractivity (Wildman–Crippen MR) is 111 cm³/mol. The molecule has 4 amide bonds. The van der Waals surface area contributed by atoms with Gasteiger partial charge in [0.25, 0.3) is 5.91 Å². The average Bonchev–Trinajstić information content (AvgIpc) is 3.29. The van der Waals surface area contributed by atoms with E-state index in [0.717, 1.165) is 21.8 Å². The van der Waals surface area contributed by atoms with Gasteiger partial charge in [-0.2, -0.15) is 11.3 Å². The first-order chi connectivity index (χ1) is 13.8. The van der Waals surface area contributed by atoms with Crippen molar-refractivity contribution in [1.82, 2.24) is 15.1 Å². The van der Waals surface area contributed by atoms with Gasteiger partial charge in [0.15, 0.2) is 0 Å². The second kappa shape index (κ2) is 8.65. The second-order valence-electron chi connectivity index (χ2n) is 7.38. The van der Waals surface area contributed by atoms with Crippen LogP contribution in [0, 0.1) is 0 Å². The van der Waals surface area contributed by atoms with Crippen LogP contribution < -0.4 is 10.1 Å². The molecule has 2 heterocycles. The number of aryl methyl sites for hydroxylation is 1. The van der Waals surface area contributed by atoms with E-state index in [-0.39, 0.29) is 18.4 Å². The monoisotopic (exact) mass is 415 g/mol. The van der Waals surface area contributed by atoms with Gasteiger partial charge in [0, 0.05) is 13.6 Å². The third-order valence-corrected chi connectivity index (χ3v) is 5.87. The number of carbonyl (C=O) groups is 3. The van der Waals surface area contributed by atoms with Gasteiger partial charge in [0.05, 0.1) is 7.11 Å². The first kappa shape index (κ1) is 20.9. The summed E-state index contributed by atoms with van der Waals surface area (Å²) in [4.78, 5) is 40.3. The molecule has 0 bridgehead atoms. The quantitative estimate of drug-likeness (QED) is 0.673. The van der Waals surface area contributed by atoms with Crippen LogP contribution in [0.1, 0.15) is 24.5 Å². The van der Waals surface area contributed by atoms with Crippen molar-refractivity contribution in [3.8, 4) is 5.75 Å². The average molecular weight is 416 g/mol. The Morgan fingerprint density at radius 3 is 2.55 bits per heavy atom. The normalized spacial score (nSPS) is 18.7. The van der Waals surface area contributed by atoms with E-state index < -0.39 is 11.6 Å². The van der Waals surface area contributed by atoms with Gasteiger partial charge in [-0.05, 0) is 59.9 Å². The fourth-order valence-electron chi connectivity index (χ4n) is 3.25. The van der Waals surface area contributed by atoms with Gasteiger partial charge in [-0.3, -0.25) is 14.5 Å². The molecule has 0 spiro atoms. The third kappa shape index (κ3) is 4.76. The van der Waals surface area contributed by atoms with Gasteiger partial charge >= 0.3 is 6.03 Å². The summed E-state index contributed by atoms with van der Waals surface area (Å²) >= 11 is 1.56. The van der Waals surface area contributed by atoms with E-state index in [1.165, 1.54) is 4.90 Å². The Kier molecular flexibility index (Phi) is 6.22. The minimum Gasteiger partial charge on any atom is -0.497 e. The third-order valence-electron chi connectivity index (χ3n) is 5.14. The van der Waals surface area contributed by atoms with Crippen molar-refractivity contribution in [3.63, 3.8) is 0 Å². The number of hydrogen-bond acceptors (Lipinski definition) is 5. The molecule has 3 rings (SSSR count). The Morgan fingerprint density at radius 1 is 1.21 bits per heavy atom. The Balaban J connectivity index is 1.59. The maximum absolute atomic E-state index is 12.9. The van der Waals surface area contributed by atoms with Crippen LogP contribution in [0.3, 0.4) is 0 Å². The molecule has 1 aliphatic rings. The molecule has 1 atom stereocenters. The van der Waals surface area contributed by atoms with Crippen molar-refractivity contribution in [1.29, 1.82) is 0 Å². The molecule has 1 saturated heterocycles. The van der Waals surface area contributed by atoms with Gasteiger partial charge in [0.1, 0.15) is 17.8 Å². The fraction of sp³-hybridized carbons (Fsp3) is 0.381. The molecule has 29 heavy (non-hydrogen) atoms. The van der Waals surface area contributed by atoms with E-state index in [9.17, 15) is 14.4 Å². The number of nitrogens with one attached hydrogen (secondary N) is 1. The topological polar surface area (TPSA) is 79.0 Å². The van der Waals surface area contributed by atoms with Crippen LogP contribution >= 0.6 is 11.3 Å². The Morgan fingerprint density at radius 2 is 1.93 bits per heavy atom. The smallest absolute Gasteiger partial charge is 0.325 e. The molecule has 0 radical (unpaired) electrons. The highest BCUT2D eigenvalue weighted by molar-refractivity contribution is 7.07. The predicted octanol–water partition coefficient (Wildman–Crippen LogP) is 2.66. The molecule has 8 heteroatoms. The number of carbonyl (C=O) groups excluding carboxylic acids is 3. The number of urea groups is 1. The molecule has 1 aliphatic heterocycles. The number of ether oxygens (including phenoxy) is 1. The molecule has 154 valence electrons. The standard InChI is InChI=1S/C21H25N3O4S/c1-21(10-8-15-4-6-17(28-3)7-5-15)19(26)24(20(27)22-21)13-18(25)23(2)12-16-9-11-29-14-16/h4-7,9,11,14H,8,10,12-13H2,1-3H3,(H,22,27)/t21-/m1/s1. The fourth-order valence-corrected chi connectivity index (χ4v) is 3.91. The highest BCUT2D eigenvalue weighted by Crippen LogP contribution is 2.24. The molecule has 7 nitrogen and oxygen atoms in total. The molecule has 1 aromatic carbocycles. The summed E-state index contributed by atoms with van der Waals surface area (Å²) in [5.41, 5.74) is 1.04. The zero-order valence-corrected chi connectivity index (χ0v) is 17.6. The Bertz CT molecular complexity index is 882. The highest BCUT2D eigenvalue weighted by atomic mass is 32.1. The van der Waals surface area contributed by atoms with Crippen molar-refractivity contribution in [3.05, 3.63) is 52.2 Å². The molecule has 0 saturated carbocycles. The van der Waals surface area contributed by atoms with Crippen molar-refractivity contribution in [2.45, 2.75) is 31.8 Å². The lowest BCUT2D eigenvalue weighted by Gasteiger charge is -2.23. The Hall–Kier alpha value is -2.87. The van der Waals surface area contributed by atoms with E-state index in [2.05, 4.69) is 5.32 Å². The molecule has 1 N–H and O–H groups in total. The van der Waals surface area contributed by atoms with E-state index in [1.54, 1.807) is 32.4 Å². The minimum absolute atomic E-state index is 0.260. The van der Waals surface area contributed by atoms with Gasteiger partial charge in [0.2, 0.25) is 5.91 Å². The first-order valence-electron chi connectivity index (χ1n) is 9.34. The number of hydrogen-bond donors (Lipinski definition) is 1. The van der Waals surface area contributed by atoms with Gasteiger partial charge < -0.3 is 15.0 Å². The molecule has 0 unspecified atom stereocenters. The molecule has 1 aromatic heterocycles. The summed E-state index contributed by atoms with van der Waals surface area (Å²) in [7, 11) is 3.28. The van der Waals surface area contributed by atoms with E-state index >= 15 is 0 Å². The summed E-state index contributed by atoms with van der Waals surface area (Å²) in [5.74, 6) is 0.119. The van der Waals surface area contributed by atoms with Gasteiger partial charge in [-0.1, -0.05) is 12.1 Å².